The molecule has 3 nitrogen and oxygen atoms in total. The molecule has 2 aliphatic carbocycles. The van der Waals surface area contributed by atoms with Crippen molar-refractivity contribution in [3.63, 3.8) is 0 Å². The smallest absolute Gasteiger partial charge is 0.168 e. The van der Waals surface area contributed by atoms with Gasteiger partial charge in [0.1, 0.15) is 5.78 Å². The molecule has 0 bridgehead atoms. The van der Waals surface area contributed by atoms with Crippen molar-refractivity contribution < 1.29 is 9.59 Å². The molecule has 0 aromatic heterocycles. The number of nitrogens with one attached hydrogen (secondary N) is 1. The maximum Gasteiger partial charge on any atom is 0.168 e. The number of carbonyl (C=O) groups is 2. The molecular formula is C23H29NO2. The van der Waals surface area contributed by atoms with Gasteiger partial charge < -0.3 is 5.32 Å². The van der Waals surface area contributed by atoms with Crippen LogP contribution in [0.5, 0.6) is 0 Å². The Kier molecular flexibility index (Phi) is 4.73. The lowest BCUT2D eigenvalue weighted by atomic mass is 9.78. The summed E-state index contributed by atoms with van der Waals surface area (Å²) in [5.41, 5.74) is 4.41. The average molecular weight is 351 g/mol. The fourth-order valence-electron chi connectivity index (χ4n) is 5.11. The SMILES string of the molecule is Cc1ccc(CC2C3=C(NC2CC2CCCC2)C(C)C(=O)CC3=O)cc1. The summed E-state index contributed by atoms with van der Waals surface area (Å²) in [5.74, 6) is 0.933. The van der Waals surface area contributed by atoms with Gasteiger partial charge in [-0.15, -0.1) is 0 Å². The van der Waals surface area contributed by atoms with Gasteiger partial charge >= 0.3 is 0 Å². The molecule has 1 heterocycles. The Morgan fingerprint density at radius 1 is 1.08 bits per heavy atom. The van der Waals surface area contributed by atoms with E-state index in [0.29, 0.717) is 6.04 Å². The zero-order chi connectivity index (χ0) is 18.3. The Morgan fingerprint density at radius 2 is 1.77 bits per heavy atom. The minimum atomic E-state index is -0.156. The van der Waals surface area contributed by atoms with Crippen LogP contribution in [0.25, 0.3) is 0 Å². The van der Waals surface area contributed by atoms with Crippen LogP contribution in [0.4, 0.5) is 0 Å². The summed E-state index contributed by atoms with van der Waals surface area (Å²) >= 11 is 0. The van der Waals surface area contributed by atoms with E-state index in [9.17, 15) is 9.59 Å². The maximum absolute atomic E-state index is 12.8. The minimum Gasteiger partial charge on any atom is -0.384 e. The predicted molar refractivity (Wildman–Crippen MR) is 103 cm³/mol. The van der Waals surface area contributed by atoms with E-state index < -0.39 is 0 Å². The third-order valence-electron chi connectivity index (χ3n) is 6.68. The molecule has 1 aromatic carbocycles. The van der Waals surface area contributed by atoms with E-state index >= 15 is 0 Å². The molecule has 0 spiro atoms. The molecule has 3 heteroatoms. The third-order valence-corrected chi connectivity index (χ3v) is 6.68. The second kappa shape index (κ2) is 7.02. The van der Waals surface area contributed by atoms with Crippen molar-refractivity contribution in [1.82, 2.24) is 5.32 Å². The fourth-order valence-corrected chi connectivity index (χ4v) is 5.11. The molecule has 4 rings (SSSR count). The fraction of sp³-hybridized carbons (Fsp3) is 0.565. The molecule has 0 amide bonds. The van der Waals surface area contributed by atoms with Crippen molar-refractivity contribution in [3.05, 3.63) is 46.7 Å². The number of hydrogen-bond donors (Lipinski definition) is 1. The van der Waals surface area contributed by atoms with Gasteiger partial charge in [-0.05, 0) is 38.2 Å². The molecule has 3 unspecified atom stereocenters. The van der Waals surface area contributed by atoms with E-state index in [-0.39, 0.29) is 29.8 Å². The standard InChI is InChI=1S/C23H29NO2/c1-14-7-9-17(10-8-14)11-18-19(12-16-5-3-4-6-16)24-23-15(2)20(25)13-21(26)22(18)23/h7-10,15-16,18-19,24H,3-6,11-13H2,1-2H3. The molecular weight excluding hydrogens is 322 g/mol. The second-order valence-corrected chi connectivity index (χ2v) is 8.55. The summed E-state index contributed by atoms with van der Waals surface area (Å²) in [6, 6.07) is 8.95. The molecule has 3 atom stereocenters. The molecule has 0 saturated heterocycles. The Hall–Kier alpha value is -1.90. The van der Waals surface area contributed by atoms with Crippen LogP contribution >= 0.6 is 0 Å². The molecule has 26 heavy (non-hydrogen) atoms. The molecule has 1 N–H and O–H groups in total. The average Bonchev–Trinajstić information content (AvgIpc) is 3.24. The Morgan fingerprint density at radius 3 is 2.46 bits per heavy atom. The largest absolute Gasteiger partial charge is 0.384 e. The highest BCUT2D eigenvalue weighted by Crippen LogP contribution is 2.41. The molecule has 1 aliphatic heterocycles. The first-order valence-electron chi connectivity index (χ1n) is 10.1. The number of aryl methyl sites for hydroxylation is 1. The number of benzene rings is 1. The summed E-state index contributed by atoms with van der Waals surface area (Å²) in [6.07, 6.45) is 7.38. The Labute approximate surface area is 156 Å². The van der Waals surface area contributed by atoms with Crippen LogP contribution in [-0.4, -0.2) is 17.6 Å². The van der Waals surface area contributed by atoms with Crippen molar-refractivity contribution in [3.8, 4) is 0 Å². The number of hydrogen-bond acceptors (Lipinski definition) is 3. The summed E-state index contributed by atoms with van der Waals surface area (Å²) in [6.45, 7) is 4.06. The molecule has 0 radical (unpaired) electrons. The lowest BCUT2D eigenvalue weighted by Crippen LogP contribution is -2.33. The first-order chi connectivity index (χ1) is 12.5. The number of carbonyl (C=O) groups excluding carboxylic acids is 2. The van der Waals surface area contributed by atoms with Crippen molar-refractivity contribution >= 4 is 11.6 Å². The highest BCUT2D eigenvalue weighted by atomic mass is 16.1. The first kappa shape index (κ1) is 17.5. The highest BCUT2D eigenvalue weighted by molar-refractivity contribution is 6.13. The van der Waals surface area contributed by atoms with Crippen molar-refractivity contribution in [2.45, 2.75) is 64.8 Å². The quantitative estimate of drug-likeness (QED) is 0.830. The van der Waals surface area contributed by atoms with Gasteiger partial charge in [-0.3, -0.25) is 9.59 Å². The minimum absolute atomic E-state index is 0.0571. The Bertz CT molecular complexity index is 740. The van der Waals surface area contributed by atoms with Crippen LogP contribution in [0.3, 0.4) is 0 Å². The zero-order valence-corrected chi connectivity index (χ0v) is 15.9. The highest BCUT2D eigenvalue weighted by Gasteiger charge is 2.44. The number of rotatable bonds is 4. The van der Waals surface area contributed by atoms with Crippen LogP contribution in [0.2, 0.25) is 0 Å². The molecule has 1 aromatic rings. The Balaban J connectivity index is 1.63. The lowest BCUT2D eigenvalue weighted by Gasteiger charge is -2.25. The topological polar surface area (TPSA) is 46.2 Å². The van der Waals surface area contributed by atoms with Gasteiger partial charge in [0.25, 0.3) is 0 Å². The van der Waals surface area contributed by atoms with E-state index in [2.05, 4.69) is 36.5 Å². The van der Waals surface area contributed by atoms with Gasteiger partial charge in [-0.25, -0.2) is 0 Å². The van der Waals surface area contributed by atoms with Crippen LogP contribution < -0.4 is 5.32 Å². The normalized spacial score (nSPS) is 29.2. The molecule has 3 aliphatic rings. The van der Waals surface area contributed by atoms with Gasteiger partial charge in [-0.2, -0.15) is 0 Å². The predicted octanol–water partition coefficient (Wildman–Crippen LogP) is 4.14. The van der Waals surface area contributed by atoms with Crippen LogP contribution in [0.15, 0.2) is 35.5 Å². The lowest BCUT2D eigenvalue weighted by molar-refractivity contribution is -0.128. The summed E-state index contributed by atoms with van der Waals surface area (Å²) in [5, 5.41) is 3.65. The number of Topliss-reactive ketones (excluding diaryl/α,β-unsaturated/α-hetero) is 2. The summed E-state index contributed by atoms with van der Waals surface area (Å²) in [4.78, 5) is 25.0. The van der Waals surface area contributed by atoms with Crippen LogP contribution in [0, 0.1) is 24.7 Å². The second-order valence-electron chi connectivity index (χ2n) is 8.55. The summed E-state index contributed by atoms with van der Waals surface area (Å²) in [7, 11) is 0. The van der Waals surface area contributed by atoms with E-state index in [4.69, 9.17) is 0 Å². The zero-order valence-electron chi connectivity index (χ0n) is 15.9. The number of allylic oxidation sites excluding steroid dienone is 1. The third kappa shape index (κ3) is 3.24. The molecule has 1 saturated carbocycles. The van der Waals surface area contributed by atoms with E-state index in [1.807, 2.05) is 6.92 Å². The van der Waals surface area contributed by atoms with Crippen LogP contribution in [-0.2, 0) is 16.0 Å². The van der Waals surface area contributed by atoms with Crippen molar-refractivity contribution in [1.29, 1.82) is 0 Å². The van der Waals surface area contributed by atoms with E-state index in [1.165, 1.54) is 36.8 Å². The van der Waals surface area contributed by atoms with E-state index in [0.717, 1.165) is 30.0 Å². The van der Waals surface area contributed by atoms with E-state index in [1.54, 1.807) is 0 Å². The van der Waals surface area contributed by atoms with Gasteiger partial charge in [0.2, 0.25) is 0 Å². The van der Waals surface area contributed by atoms with Crippen LogP contribution in [0.1, 0.15) is 56.6 Å². The van der Waals surface area contributed by atoms with Crippen molar-refractivity contribution in [2.75, 3.05) is 0 Å². The summed E-state index contributed by atoms with van der Waals surface area (Å²) < 4.78 is 0. The number of ketones is 2. The van der Waals surface area contributed by atoms with Gasteiger partial charge in [0, 0.05) is 23.2 Å². The van der Waals surface area contributed by atoms with Crippen molar-refractivity contribution in [2.24, 2.45) is 17.8 Å². The maximum atomic E-state index is 12.8. The monoisotopic (exact) mass is 351 g/mol. The van der Waals surface area contributed by atoms with Gasteiger partial charge in [0.05, 0.1) is 12.3 Å². The first-order valence-corrected chi connectivity index (χ1v) is 10.1. The molecule has 138 valence electrons. The molecule has 1 fully saturated rings. The van der Waals surface area contributed by atoms with Gasteiger partial charge in [-0.1, -0.05) is 55.5 Å². The van der Waals surface area contributed by atoms with Gasteiger partial charge in [0.15, 0.2) is 5.78 Å².